The van der Waals surface area contributed by atoms with Crippen LogP contribution in [0.15, 0.2) is 271 Å². The Morgan fingerprint density at radius 3 is 1.61 bits per heavy atom. The van der Waals surface area contributed by atoms with E-state index in [0.29, 0.717) is 0 Å². The number of para-hydroxylation sites is 4. The van der Waals surface area contributed by atoms with Crippen LogP contribution in [0.3, 0.4) is 0 Å². The van der Waals surface area contributed by atoms with Gasteiger partial charge in [-0.15, -0.1) is 0 Å². The molecule has 0 saturated carbocycles. The predicted molar refractivity (Wildman–Crippen MR) is 290 cm³/mol. The van der Waals surface area contributed by atoms with E-state index >= 15 is 0 Å². The Bertz CT molecular complexity index is 4010. The minimum atomic E-state index is 0.889. The molecule has 0 amide bonds. The summed E-state index contributed by atoms with van der Waals surface area (Å²) >= 11 is 0. The molecule has 3 nitrogen and oxygen atoms in total. The molecular formula is C66H44N2O. The summed E-state index contributed by atoms with van der Waals surface area (Å²) < 4.78 is 8.70. The van der Waals surface area contributed by atoms with Crippen LogP contribution in [0.5, 0.6) is 0 Å². The lowest BCUT2D eigenvalue weighted by Gasteiger charge is -2.29. The Kier molecular flexibility index (Phi) is 9.84. The highest BCUT2D eigenvalue weighted by Gasteiger charge is 2.22. The molecule has 0 spiro atoms. The lowest BCUT2D eigenvalue weighted by Crippen LogP contribution is -2.11. The lowest BCUT2D eigenvalue weighted by molar-refractivity contribution is 0.669. The molecule has 0 aliphatic carbocycles. The molecule has 2 heterocycles. The second-order valence-corrected chi connectivity index (χ2v) is 17.6. The van der Waals surface area contributed by atoms with Gasteiger partial charge < -0.3 is 13.9 Å². The molecule has 0 fully saturated rings. The van der Waals surface area contributed by atoms with E-state index in [1.165, 1.54) is 44.1 Å². The molecule has 13 aromatic rings. The molecule has 3 heteroatoms. The number of rotatable bonds is 9. The molecule has 0 bridgehead atoms. The van der Waals surface area contributed by atoms with E-state index in [1.807, 2.05) is 12.1 Å². The van der Waals surface area contributed by atoms with Gasteiger partial charge in [0, 0.05) is 44.2 Å². The highest BCUT2D eigenvalue weighted by molar-refractivity contribution is 6.13. The van der Waals surface area contributed by atoms with Gasteiger partial charge in [-0.1, -0.05) is 194 Å². The van der Waals surface area contributed by atoms with Gasteiger partial charge in [0.25, 0.3) is 0 Å². The van der Waals surface area contributed by atoms with Crippen molar-refractivity contribution >= 4 is 60.8 Å². The quantitative estimate of drug-likeness (QED) is 0.144. The number of benzene rings is 11. The zero-order valence-corrected chi connectivity index (χ0v) is 37.7. The fraction of sp³-hybridized carbons (Fsp3) is 0. The first-order chi connectivity index (χ1) is 34.2. The smallest absolute Gasteiger partial charge is 0.136 e. The van der Waals surface area contributed by atoms with Crippen LogP contribution in [0.2, 0.25) is 0 Å². The van der Waals surface area contributed by atoms with Gasteiger partial charge in [-0.2, -0.15) is 0 Å². The number of nitrogens with zero attached hydrogens (tertiary/aromatic N) is 2. The van der Waals surface area contributed by atoms with Gasteiger partial charge in [0.2, 0.25) is 0 Å². The van der Waals surface area contributed by atoms with E-state index in [-0.39, 0.29) is 0 Å². The summed E-state index contributed by atoms with van der Waals surface area (Å²) in [6.45, 7) is 0. The van der Waals surface area contributed by atoms with Crippen LogP contribution < -0.4 is 4.90 Å². The molecule has 0 aliphatic rings. The minimum Gasteiger partial charge on any atom is -0.456 e. The van der Waals surface area contributed by atoms with E-state index in [1.54, 1.807) is 0 Å². The predicted octanol–water partition coefficient (Wildman–Crippen LogP) is 18.5. The Morgan fingerprint density at radius 2 is 0.812 bits per heavy atom. The minimum absolute atomic E-state index is 0.889. The first-order valence-corrected chi connectivity index (χ1v) is 23.6. The maximum atomic E-state index is 6.33. The van der Waals surface area contributed by atoms with E-state index in [4.69, 9.17) is 4.42 Å². The van der Waals surface area contributed by atoms with Crippen molar-refractivity contribution in [1.29, 1.82) is 0 Å². The van der Waals surface area contributed by atoms with Gasteiger partial charge in [0.1, 0.15) is 11.2 Å². The van der Waals surface area contributed by atoms with Crippen LogP contribution in [0.25, 0.3) is 105 Å². The van der Waals surface area contributed by atoms with Gasteiger partial charge in [-0.05, 0) is 123 Å². The molecule has 0 N–H and O–H groups in total. The summed E-state index contributed by atoms with van der Waals surface area (Å²) in [5.74, 6) is 0. The van der Waals surface area contributed by atoms with Crippen molar-refractivity contribution in [3.8, 4) is 61.3 Å². The lowest BCUT2D eigenvalue weighted by atomic mass is 9.88. The van der Waals surface area contributed by atoms with Crippen LogP contribution in [0, 0.1) is 0 Å². The second-order valence-electron chi connectivity index (χ2n) is 17.6. The Labute approximate surface area is 401 Å². The van der Waals surface area contributed by atoms with Crippen molar-refractivity contribution < 1.29 is 4.42 Å². The van der Waals surface area contributed by atoms with Crippen LogP contribution in [-0.2, 0) is 0 Å². The molecule has 69 heavy (non-hydrogen) atoms. The van der Waals surface area contributed by atoms with Crippen LogP contribution in [0.1, 0.15) is 0 Å². The summed E-state index contributed by atoms with van der Waals surface area (Å²) in [6, 6.07) is 96.2. The maximum Gasteiger partial charge on any atom is 0.136 e. The van der Waals surface area contributed by atoms with Crippen LogP contribution in [-0.4, -0.2) is 4.57 Å². The van der Waals surface area contributed by atoms with E-state index < -0.39 is 0 Å². The molecule has 11 aromatic carbocycles. The van der Waals surface area contributed by atoms with Gasteiger partial charge in [-0.3, -0.25) is 0 Å². The Hall–Kier alpha value is -9.18. The van der Waals surface area contributed by atoms with Gasteiger partial charge in [0.05, 0.1) is 16.7 Å². The highest BCUT2D eigenvalue weighted by atomic mass is 16.3. The number of fused-ring (bicyclic) bond motifs is 6. The van der Waals surface area contributed by atoms with Gasteiger partial charge in [-0.25, -0.2) is 0 Å². The van der Waals surface area contributed by atoms with E-state index in [2.05, 4.69) is 264 Å². The van der Waals surface area contributed by atoms with Gasteiger partial charge in [0.15, 0.2) is 0 Å². The van der Waals surface area contributed by atoms with Crippen molar-refractivity contribution in [2.45, 2.75) is 0 Å². The molecule has 2 aromatic heterocycles. The number of furan rings is 1. The van der Waals surface area contributed by atoms with Crippen molar-refractivity contribution in [3.63, 3.8) is 0 Å². The highest BCUT2D eigenvalue weighted by Crippen LogP contribution is 2.47. The molecule has 0 atom stereocenters. The van der Waals surface area contributed by atoms with Gasteiger partial charge >= 0.3 is 0 Å². The molecule has 0 radical (unpaired) electrons. The Morgan fingerprint density at radius 1 is 0.290 bits per heavy atom. The SMILES string of the molecule is c1ccc(-c2ccccc2-c2ccccc2-c2ccccc2N(c2ccc(-c3cccc4oc5ccccc5c34)cc2)c2cccc(-c3ccc4c(c3)c3ccccc3n4-c3ccccc3)c2)cc1. The fourth-order valence-corrected chi connectivity index (χ4v) is 10.5. The maximum absolute atomic E-state index is 6.33. The number of anilines is 3. The molecule has 0 unspecified atom stereocenters. The molecule has 0 aliphatic heterocycles. The van der Waals surface area contributed by atoms with Crippen molar-refractivity contribution in [2.75, 3.05) is 4.90 Å². The molecule has 0 saturated heterocycles. The van der Waals surface area contributed by atoms with Crippen molar-refractivity contribution in [1.82, 2.24) is 4.57 Å². The summed E-state index contributed by atoms with van der Waals surface area (Å²) in [7, 11) is 0. The zero-order valence-electron chi connectivity index (χ0n) is 37.7. The molecular weight excluding hydrogens is 837 g/mol. The van der Waals surface area contributed by atoms with Crippen molar-refractivity contribution in [2.24, 2.45) is 0 Å². The monoisotopic (exact) mass is 880 g/mol. The summed E-state index contributed by atoms with van der Waals surface area (Å²) in [5, 5.41) is 4.71. The van der Waals surface area contributed by atoms with E-state index in [9.17, 15) is 0 Å². The standard InChI is InChI=1S/C66H44N2O/c1-3-19-45(20-4-1)52-25-7-8-26-54(52)55-27-9-10-28-56(55)57-29-11-14-33-61(57)67(50-40-37-46(38-41-50)53-32-18-36-65-66(53)59-31-13-16-35-64(59)69-65)51-24-17-21-47(43-51)48-39-42-63-60(44-48)58-30-12-15-34-62(58)68(63)49-22-5-2-6-23-49/h1-44H. The number of hydrogen-bond acceptors (Lipinski definition) is 2. The van der Waals surface area contributed by atoms with E-state index in [0.717, 1.165) is 78.1 Å². The molecule has 324 valence electrons. The first kappa shape index (κ1) is 40.1. The van der Waals surface area contributed by atoms with Crippen LogP contribution in [0.4, 0.5) is 17.1 Å². The normalized spacial score (nSPS) is 11.5. The third kappa shape index (κ3) is 6.99. The largest absolute Gasteiger partial charge is 0.456 e. The summed E-state index contributed by atoms with van der Waals surface area (Å²) in [4.78, 5) is 2.43. The third-order valence-corrected chi connectivity index (χ3v) is 13.6. The third-order valence-electron chi connectivity index (χ3n) is 13.6. The van der Waals surface area contributed by atoms with Crippen LogP contribution >= 0.6 is 0 Å². The summed E-state index contributed by atoms with van der Waals surface area (Å²) in [6.07, 6.45) is 0. The topological polar surface area (TPSA) is 21.3 Å². The molecule has 13 rings (SSSR count). The fourth-order valence-electron chi connectivity index (χ4n) is 10.5. The number of aromatic nitrogens is 1. The summed E-state index contributed by atoms with van der Waals surface area (Å²) in [5.41, 5.74) is 20.1. The van der Waals surface area contributed by atoms with Crippen molar-refractivity contribution in [3.05, 3.63) is 267 Å². The average Bonchev–Trinajstić information content (AvgIpc) is 3.98. The first-order valence-electron chi connectivity index (χ1n) is 23.6. The average molecular weight is 881 g/mol. The Balaban J connectivity index is 0.984. The number of hydrogen-bond donors (Lipinski definition) is 0. The zero-order chi connectivity index (χ0) is 45.7. The second kappa shape index (κ2) is 16.9.